The van der Waals surface area contributed by atoms with Gasteiger partial charge in [-0.25, -0.2) is 0 Å². The summed E-state index contributed by atoms with van der Waals surface area (Å²) in [7, 11) is 0. The summed E-state index contributed by atoms with van der Waals surface area (Å²) < 4.78 is 0.549. The monoisotopic (exact) mass is 216 g/mol. The summed E-state index contributed by atoms with van der Waals surface area (Å²) in [5, 5.41) is 9.05. The highest BCUT2D eigenvalue weighted by Crippen LogP contribution is 2.26. The van der Waals surface area contributed by atoms with Crippen molar-refractivity contribution in [2.75, 3.05) is 0 Å². The normalized spacial score (nSPS) is 14.1. The van der Waals surface area contributed by atoms with E-state index in [1.165, 1.54) is 24.1 Å². The molecule has 0 saturated heterocycles. The maximum absolute atomic E-state index is 9.05. The van der Waals surface area contributed by atoms with E-state index < -0.39 is 0 Å². The summed E-state index contributed by atoms with van der Waals surface area (Å²) in [4.78, 5) is 3.17. The molecule has 0 radical (unpaired) electrons. The Morgan fingerprint density at radius 2 is 2.13 bits per heavy atom. The van der Waals surface area contributed by atoms with Crippen LogP contribution < -0.4 is 0 Å². The number of aryl methyl sites for hydroxylation is 1. The van der Waals surface area contributed by atoms with Crippen molar-refractivity contribution in [3.8, 4) is 6.07 Å². The average molecular weight is 216 g/mol. The predicted octanol–water partition coefficient (Wildman–Crippen LogP) is 3.14. The van der Waals surface area contributed by atoms with Gasteiger partial charge in [-0.2, -0.15) is 5.26 Å². The molecule has 0 saturated carbocycles. The number of nitrogens with one attached hydrogen (secondary N) is 1. The molecule has 1 aromatic heterocycles. The van der Waals surface area contributed by atoms with E-state index in [1.54, 1.807) is 6.08 Å². The van der Waals surface area contributed by atoms with Crippen molar-refractivity contribution in [1.82, 2.24) is 4.98 Å². The number of aromatic amines is 1. The molecule has 0 aliphatic heterocycles. The third-order valence-electron chi connectivity index (χ3n) is 2.87. The van der Waals surface area contributed by atoms with Gasteiger partial charge in [0, 0.05) is 5.69 Å². The van der Waals surface area contributed by atoms with Gasteiger partial charge in [-0.15, -0.1) is 0 Å². The first-order valence-corrected chi connectivity index (χ1v) is 5.49. The first-order valence-electron chi connectivity index (χ1n) is 5.08. The lowest BCUT2D eigenvalue weighted by Gasteiger charge is -2.18. The van der Waals surface area contributed by atoms with Gasteiger partial charge in [-0.1, -0.05) is 24.9 Å². The lowest BCUT2D eigenvalue weighted by molar-refractivity contribution is 0.665. The van der Waals surface area contributed by atoms with Gasteiger partial charge in [0.25, 0.3) is 0 Å². The molecule has 0 bridgehead atoms. The number of pyridine rings is 1. The average Bonchev–Trinajstić information content (AvgIpc) is 2.27. The number of rotatable bonds is 1. The maximum atomic E-state index is 9.05. The number of hydrogen-bond acceptors (Lipinski definition) is 2. The first kappa shape index (κ1) is 10.1. The van der Waals surface area contributed by atoms with Crippen LogP contribution in [-0.2, 0) is 12.8 Å². The van der Waals surface area contributed by atoms with Crippen molar-refractivity contribution >= 4 is 18.3 Å². The smallest absolute Gasteiger partial charge is 0.122 e. The molecule has 15 heavy (non-hydrogen) atoms. The van der Waals surface area contributed by atoms with Gasteiger partial charge in [0.15, 0.2) is 0 Å². The molecule has 2 rings (SSSR count). The summed E-state index contributed by atoms with van der Waals surface area (Å²) in [6.07, 6.45) is 6.19. The van der Waals surface area contributed by atoms with Crippen molar-refractivity contribution in [2.24, 2.45) is 0 Å². The highest BCUT2D eigenvalue weighted by Gasteiger charge is 2.16. The molecular formula is C12H12N2S. The molecule has 0 unspecified atom stereocenters. The molecule has 1 N–H and O–H groups in total. The molecule has 0 amide bonds. The molecule has 1 aliphatic carbocycles. The number of fused-ring (bicyclic) bond motifs is 1. The molecule has 0 fully saturated rings. The Morgan fingerprint density at radius 3 is 2.80 bits per heavy atom. The fourth-order valence-corrected chi connectivity index (χ4v) is 2.43. The van der Waals surface area contributed by atoms with Crippen molar-refractivity contribution in [3.05, 3.63) is 33.6 Å². The number of nitrogens with zero attached hydrogens (tertiary/aromatic N) is 1. The molecule has 1 heterocycles. The van der Waals surface area contributed by atoms with Crippen LogP contribution in [0.15, 0.2) is 6.58 Å². The van der Waals surface area contributed by atoms with Crippen molar-refractivity contribution in [2.45, 2.75) is 25.7 Å². The quantitative estimate of drug-likeness (QED) is 0.732. The van der Waals surface area contributed by atoms with E-state index in [-0.39, 0.29) is 0 Å². The third-order valence-corrected chi connectivity index (χ3v) is 3.18. The molecule has 0 aromatic carbocycles. The van der Waals surface area contributed by atoms with Crippen molar-refractivity contribution in [1.29, 1.82) is 5.26 Å². The van der Waals surface area contributed by atoms with Gasteiger partial charge in [0.1, 0.15) is 10.7 Å². The van der Waals surface area contributed by atoms with E-state index in [2.05, 4.69) is 17.6 Å². The zero-order chi connectivity index (χ0) is 10.8. The van der Waals surface area contributed by atoms with Crippen molar-refractivity contribution in [3.63, 3.8) is 0 Å². The summed E-state index contributed by atoms with van der Waals surface area (Å²) >= 11 is 5.16. The highest BCUT2D eigenvalue weighted by molar-refractivity contribution is 7.71. The van der Waals surface area contributed by atoms with Crippen LogP contribution in [0, 0.1) is 16.0 Å². The van der Waals surface area contributed by atoms with Crippen molar-refractivity contribution < 1.29 is 0 Å². The summed E-state index contributed by atoms with van der Waals surface area (Å²) in [6, 6.07) is 2.16. The largest absolute Gasteiger partial charge is 0.349 e. The molecule has 3 heteroatoms. The van der Waals surface area contributed by atoms with Crippen LogP contribution in [-0.4, -0.2) is 4.98 Å². The van der Waals surface area contributed by atoms with Gasteiger partial charge in [0.05, 0.1) is 5.56 Å². The Hall–Kier alpha value is -1.40. The highest BCUT2D eigenvalue weighted by atomic mass is 32.1. The molecule has 2 nitrogen and oxygen atoms in total. The number of H-pyrrole nitrogens is 1. The number of hydrogen-bond donors (Lipinski definition) is 1. The topological polar surface area (TPSA) is 39.6 Å². The SMILES string of the molecule is C=Cc1c2c([nH]c(=S)c1C#N)CCCC2. The number of nitriles is 1. The molecule has 0 spiro atoms. The van der Waals surface area contributed by atoms with Crippen LogP contribution in [0.2, 0.25) is 0 Å². The third kappa shape index (κ3) is 1.62. The van der Waals surface area contributed by atoms with Crippen LogP contribution in [0.1, 0.15) is 35.2 Å². The van der Waals surface area contributed by atoms with E-state index in [0.29, 0.717) is 10.2 Å². The Bertz CT molecular complexity index is 506. The fourth-order valence-electron chi connectivity index (χ4n) is 2.15. The Morgan fingerprint density at radius 1 is 1.40 bits per heavy atom. The lowest BCUT2D eigenvalue weighted by Crippen LogP contribution is -2.09. The minimum absolute atomic E-state index is 0.549. The predicted molar refractivity (Wildman–Crippen MR) is 63.1 cm³/mol. The van der Waals surface area contributed by atoms with Gasteiger partial charge >= 0.3 is 0 Å². The number of aromatic nitrogens is 1. The Balaban J connectivity index is 2.77. The minimum atomic E-state index is 0.549. The van der Waals surface area contributed by atoms with Crippen LogP contribution >= 0.6 is 12.2 Å². The molecule has 76 valence electrons. The fraction of sp³-hybridized carbons (Fsp3) is 0.333. The van der Waals surface area contributed by atoms with Gasteiger partial charge < -0.3 is 4.98 Å². The second kappa shape index (κ2) is 4.00. The van der Waals surface area contributed by atoms with E-state index >= 15 is 0 Å². The van der Waals surface area contributed by atoms with Crippen LogP contribution in [0.5, 0.6) is 0 Å². The second-order valence-corrected chi connectivity index (χ2v) is 4.13. The molecule has 1 aliphatic rings. The van der Waals surface area contributed by atoms with Crippen LogP contribution in [0.4, 0.5) is 0 Å². The maximum Gasteiger partial charge on any atom is 0.122 e. The summed E-state index contributed by atoms with van der Waals surface area (Å²) in [6.45, 7) is 3.78. The standard InChI is InChI=1S/C12H12N2S/c1-2-8-9-5-3-4-6-11(9)14-12(15)10(8)7-13/h2H,1,3-6H2,(H,14,15). The van der Waals surface area contributed by atoms with E-state index in [4.69, 9.17) is 17.5 Å². The minimum Gasteiger partial charge on any atom is -0.349 e. The lowest BCUT2D eigenvalue weighted by atomic mass is 9.90. The zero-order valence-electron chi connectivity index (χ0n) is 8.47. The summed E-state index contributed by atoms with van der Waals surface area (Å²) in [5.41, 5.74) is 3.94. The van der Waals surface area contributed by atoms with Crippen LogP contribution in [0.3, 0.4) is 0 Å². The van der Waals surface area contributed by atoms with E-state index in [9.17, 15) is 0 Å². The Kier molecular flexibility index (Phi) is 2.70. The Labute approximate surface area is 94.3 Å². The zero-order valence-corrected chi connectivity index (χ0v) is 9.28. The molecular weight excluding hydrogens is 204 g/mol. The van der Waals surface area contributed by atoms with E-state index in [0.717, 1.165) is 18.4 Å². The first-order chi connectivity index (χ1) is 7.27. The molecule has 1 aromatic rings. The van der Waals surface area contributed by atoms with Gasteiger partial charge in [0.2, 0.25) is 0 Å². The second-order valence-electron chi connectivity index (χ2n) is 3.72. The van der Waals surface area contributed by atoms with Crippen LogP contribution in [0.25, 0.3) is 6.08 Å². The molecule has 0 atom stereocenters. The van der Waals surface area contributed by atoms with Gasteiger partial charge in [-0.3, -0.25) is 0 Å². The van der Waals surface area contributed by atoms with Gasteiger partial charge in [-0.05, 0) is 36.8 Å². The summed E-state index contributed by atoms with van der Waals surface area (Å²) in [5.74, 6) is 0. The van der Waals surface area contributed by atoms with E-state index in [1.807, 2.05) is 0 Å².